The lowest BCUT2D eigenvalue weighted by atomic mass is 10.1. The minimum Gasteiger partial charge on any atom is -0.419 e. The number of nitrogens with one attached hydrogen (secondary N) is 1. The molecule has 3 aromatic rings. The molecule has 0 fully saturated rings. The van der Waals surface area contributed by atoms with Crippen molar-refractivity contribution in [2.45, 2.75) is 13.5 Å². The zero-order valence-electron chi connectivity index (χ0n) is 11.4. The zero-order chi connectivity index (χ0) is 14.7. The van der Waals surface area contributed by atoms with Gasteiger partial charge in [0.25, 0.3) is 5.91 Å². The van der Waals surface area contributed by atoms with Gasteiger partial charge in [0.05, 0.1) is 11.4 Å². The maximum absolute atomic E-state index is 11.8. The summed E-state index contributed by atoms with van der Waals surface area (Å²) in [7, 11) is 0. The number of thiophene rings is 1. The van der Waals surface area contributed by atoms with Crippen LogP contribution in [0.1, 0.15) is 21.1 Å². The average molecular weight is 299 g/mol. The van der Waals surface area contributed by atoms with Crippen molar-refractivity contribution in [3.63, 3.8) is 0 Å². The number of benzene rings is 1. The Morgan fingerprint density at radius 3 is 2.86 bits per heavy atom. The van der Waals surface area contributed by atoms with Crippen molar-refractivity contribution in [1.82, 2.24) is 15.5 Å². The molecule has 0 radical (unpaired) electrons. The molecule has 3 rings (SSSR count). The fourth-order valence-corrected chi connectivity index (χ4v) is 2.54. The normalized spacial score (nSPS) is 10.5. The van der Waals surface area contributed by atoms with E-state index in [4.69, 9.17) is 4.42 Å². The summed E-state index contributed by atoms with van der Waals surface area (Å²) in [5, 5.41) is 12.6. The summed E-state index contributed by atoms with van der Waals surface area (Å²) < 4.78 is 5.58. The molecule has 1 aromatic carbocycles. The van der Waals surface area contributed by atoms with E-state index in [0.29, 0.717) is 16.7 Å². The summed E-state index contributed by atoms with van der Waals surface area (Å²) in [6.45, 7) is 2.20. The van der Waals surface area contributed by atoms with E-state index in [1.807, 2.05) is 42.6 Å². The minimum absolute atomic E-state index is 0.138. The molecule has 0 unspecified atom stereocenters. The molecule has 1 amide bonds. The third-order valence-electron chi connectivity index (χ3n) is 2.99. The van der Waals surface area contributed by atoms with Crippen LogP contribution in [0.4, 0.5) is 0 Å². The molecule has 2 heterocycles. The number of hydrogen-bond donors (Lipinski definition) is 1. The summed E-state index contributed by atoms with van der Waals surface area (Å²) >= 11 is 1.39. The van der Waals surface area contributed by atoms with Gasteiger partial charge in [-0.2, -0.15) is 0 Å². The molecule has 6 heteroatoms. The smallest absolute Gasteiger partial charge is 0.261 e. The van der Waals surface area contributed by atoms with E-state index < -0.39 is 0 Å². The summed E-state index contributed by atoms with van der Waals surface area (Å²) in [6, 6.07) is 11.4. The SMILES string of the molecule is Cc1ccccc1-c1nnc(CNC(=O)c2cccs2)o1. The van der Waals surface area contributed by atoms with E-state index >= 15 is 0 Å². The van der Waals surface area contributed by atoms with Crippen LogP contribution < -0.4 is 5.32 Å². The molecule has 0 saturated heterocycles. The first-order valence-corrected chi connectivity index (χ1v) is 7.32. The Kier molecular flexibility index (Phi) is 3.79. The van der Waals surface area contributed by atoms with Gasteiger partial charge in [0.15, 0.2) is 0 Å². The molecule has 0 saturated carbocycles. The second-order valence-corrected chi connectivity index (χ2v) is 5.42. The van der Waals surface area contributed by atoms with Gasteiger partial charge in [-0.3, -0.25) is 4.79 Å². The molecule has 21 heavy (non-hydrogen) atoms. The Morgan fingerprint density at radius 1 is 1.24 bits per heavy atom. The summed E-state index contributed by atoms with van der Waals surface area (Å²) in [6.07, 6.45) is 0. The van der Waals surface area contributed by atoms with Gasteiger partial charge < -0.3 is 9.73 Å². The van der Waals surface area contributed by atoms with Gasteiger partial charge >= 0.3 is 0 Å². The second-order valence-electron chi connectivity index (χ2n) is 4.48. The molecule has 5 nitrogen and oxygen atoms in total. The van der Waals surface area contributed by atoms with Crippen molar-refractivity contribution in [2.75, 3.05) is 0 Å². The van der Waals surface area contributed by atoms with Gasteiger partial charge in [-0.1, -0.05) is 24.3 Å². The van der Waals surface area contributed by atoms with Crippen molar-refractivity contribution in [3.05, 3.63) is 58.1 Å². The largest absolute Gasteiger partial charge is 0.419 e. The Bertz CT molecular complexity index is 750. The number of hydrogen-bond acceptors (Lipinski definition) is 5. The van der Waals surface area contributed by atoms with Crippen molar-refractivity contribution in [2.24, 2.45) is 0 Å². The number of nitrogens with zero attached hydrogens (tertiary/aromatic N) is 2. The number of aromatic nitrogens is 2. The predicted octanol–water partition coefficient (Wildman–Crippen LogP) is 3.04. The average Bonchev–Trinajstić information content (AvgIpc) is 3.17. The Hall–Kier alpha value is -2.47. The number of carbonyl (C=O) groups excluding carboxylic acids is 1. The van der Waals surface area contributed by atoms with Crippen LogP contribution in [-0.4, -0.2) is 16.1 Å². The molecule has 0 aliphatic heterocycles. The molecule has 0 aliphatic rings. The topological polar surface area (TPSA) is 68.0 Å². The van der Waals surface area contributed by atoms with Crippen LogP contribution >= 0.6 is 11.3 Å². The Morgan fingerprint density at radius 2 is 2.10 bits per heavy atom. The van der Waals surface area contributed by atoms with Gasteiger partial charge in [-0.25, -0.2) is 0 Å². The monoisotopic (exact) mass is 299 g/mol. The van der Waals surface area contributed by atoms with Crippen LogP contribution in [0.5, 0.6) is 0 Å². The summed E-state index contributed by atoms with van der Waals surface area (Å²) in [5.74, 6) is 0.715. The highest BCUT2D eigenvalue weighted by Gasteiger charge is 2.12. The highest BCUT2D eigenvalue weighted by Crippen LogP contribution is 2.21. The molecule has 106 valence electrons. The van der Waals surface area contributed by atoms with E-state index in [-0.39, 0.29) is 12.5 Å². The molecule has 1 N–H and O–H groups in total. The molecule has 0 spiro atoms. The highest BCUT2D eigenvalue weighted by atomic mass is 32.1. The first kappa shape index (κ1) is 13.5. The summed E-state index contributed by atoms with van der Waals surface area (Å²) in [5.41, 5.74) is 1.97. The van der Waals surface area contributed by atoms with Crippen LogP contribution in [0.2, 0.25) is 0 Å². The fraction of sp³-hybridized carbons (Fsp3) is 0.133. The lowest BCUT2D eigenvalue weighted by Crippen LogP contribution is -2.21. The van der Waals surface area contributed by atoms with Gasteiger partial charge in [-0.15, -0.1) is 21.5 Å². The van der Waals surface area contributed by atoms with Gasteiger partial charge in [0, 0.05) is 5.56 Å². The van der Waals surface area contributed by atoms with Crippen molar-refractivity contribution >= 4 is 17.2 Å². The van der Waals surface area contributed by atoms with Crippen LogP contribution in [0.15, 0.2) is 46.2 Å². The Balaban J connectivity index is 1.69. The van der Waals surface area contributed by atoms with Crippen LogP contribution in [0.3, 0.4) is 0 Å². The predicted molar refractivity (Wildman–Crippen MR) is 80.0 cm³/mol. The van der Waals surface area contributed by atoms with Crippen molar-refractivity contribution in [3.8, 4) is 11.5 Å². The number of carbonyl (C=O) groups is 1. The van der Waals surface area contributed by atoms with E-state index in [2.05, 4.69) is 15.5 Å². The maximum atomic E-state index is 11.8. The molecule has 0 aliphatic carbocycles. The molecular formula is C15H13N3O2S. The number of aryl methyl sites for hydroxylation is 1. The second kappa shape index (κ2) is 5.88. The minimum atomic E-state index is -0.138. The van der Waals surface area contributed by atoms with Crippen molar-refractivity contribution < 1.29 is 9.21 Å². The first-order chi connectivity index (χ1) is 10.2. The zero-order valence-corrected chi connectivity index (χ0v) is 12.2. The lowest BCUT2D eigenvalue weighted by Gasteiger charge is -2.00. The molecule has 2 aromatic heterocycles. The van der Waals surface area contributed by atoms with Gasteiger partial charge in [-0.05, 0) is 30.0 Å². The third-order valence-corrected chi connectivity index (χ3v) is 3.86. The van der Waals surface area contributed by atoms with Gasteiger partial charge in [0.2, 0.25) is 11.8 Å². The lowest BCUT2D eigenvalue weighted by molar-refractivity contribution is 0.0951. The number of amides is 1. The van der Waals surface area contributed by atoms with E-state index in [1.165, 1.54) is 11.3 Å². The molecule has 0 bridgehead atoms. The Labute approximate surface area is 125 Å². The quantitative estimate of drug-likeness (QED) is 0.804. The molecule has 0 atom stereocenters. The summed E-state index contributed by atoms with van der Waals surface area (Å²) in [4.78, 5) is 12.5. The van der Waals surface area contributed by atoms with E-state index in [9.17, 15) is 4.79 Å². The van der Waals surface area contributed by atoms with Crippen LogP contribution in [-0.2, 0) is 6.54 Å². The fourth-order valence-electron chi connectivity index (χ4n) is 1.90. The van der Waals surface area contributed by atoms with E-state index in [1.54, 1.807) is 6.07 Å². The van der Waals surface area contributed by atoms with Crippen molar-refractivity contribution in [1.29, 1.82) is 0 Å². The molecular weight excluding hydrogens is 286 g/mol. The van der Waals surface area contributed by atoms with Crippen LogP contribution in [0, 0.1) is 6.92 Å². The van der Waals surface area contributed by atoms with E-state index in [0.717, 1.165) is 11.1 Å². The third kappa shape index (κ3) is 3.00. The maximum Gasteiger partial charge on any atom is 0.261 e. The number of rotatable bonds is 4. The highest BCUT2D eigenvalue weighted by molar-refractivity contribution is 7.12. The van der Waals surface area contributed by atoms with Gasteiger partial charge in [0.1, 0.15) is 0 Å². The van der Waals surface area contributed by atoms with Crippen LogP contribution in [0.25, 0.3) is 11.5 Å². The standard InChI is InChI=1S/C15H13N3O2S/c1-10-5-2-3-6-11(10)15-18-17-13(20-15)9-16-14(19)12-7-4-8-21-12/h2-8H,9H2,1H3,(H,16,19). The first-order valence-electron chi connectivity index (χ1n) is 6.44.